The Kier molecular flexibility index (Phi) is 13.9. The predicted molar refractivity (Wildman–Crippen MR) is 114 cm³/mol. The molecule has 12 N–H and O–H groups in total. The predicted octanol–water partition coefficient (Wildman–Crippen LogP) is -5.37. The van der Waals surface area contributed by atoms with Gasteiger partial charge in [-0.05, 0) is 19.8 Å². The van der Waals surface area contributed by atoms with Gasteiger partial charge in [0.1, 0.15) is 18.6 Å². The monoisotopic (exact) mass is 473 g/mol. The number of rotatable bonds is 15. The minimum atomic E-state index is -1.24. The second-order valence-electron chi connectivity index (χ2n) is 6.70. The molecule has 0 bridgehead atoms. The SMILES string of the molecule is C[C@H](NC(=O)[C@H](CCCNC(=N)N)NC(=O)CN)C(=O)NCC(=O)NCC(=O)NCC(=O)O. The summed E-state index contributed by atoms with van der Waals surface area (Å²) in [5.41, 5.74) is 10.4. The zero-order valence-corrected chi connectivity index (χ0v) is 18.2. The molecular weight excluding hydrogens is 442 g/mol. The molecule has 16 nitrogen and oxygen atoms in total. The number of carbonyl (C=O) groups excluding carboxylic acids is 5. The lowest BCUT2D eigenvalue weighted by atomic mass is 10.1. The first-order chi connectivity index (χ1) is 15.5. The summed E-state index contributed by atoms with van der Waals surface area (Å²) in [4.78, 5) is 69.5. The number of carboxylic acids is 1. The summed E-state index contributed by atoms with van der Waals surface area (Å²) in [6.45, 7) is -0.247. The maximum atomic E-state index is 12.5. The van der Waals surface area contributed by atoms with Crippen molar-refractivity contribution in [2.75, 3.05) is 32.7 Å². The molecule has 0 radical (unpaired) electrons. The smallest absolute Gasteiger partial charge is 0.322 e. The molecule has 16 heteroatoms. The third-order valence-electron chi connectivity index (χ3n) is 3.88. The molecule has 0 aromatic rings. The van der Waals surface area contributed by atoms with Gasteiger partial charge < -0.3 is 48.5 Å². The Morgan fingerprint density at radius 2 is 1.42 bits per heavy atom. The molecule has 5 amide bonds. The molecule has 0 saturated heterocycles. The zero-order valence-electron chi connectivity index (χ0n) is 18.2. The average molecular weight is 473 g/mol. The van der Waals surface area contributed by atoms with E-state index in [2.05, 4.69) is 26.6 Å². The van der Waals surface area contributed by atoms with Crippen LogP contribution in [-0.2, 0) is 28.8 Å². The van der Waals surface area contributed by atoms with Gasteiger partial charge in [-0.15, -0.1) is 0 Å². The van der Waals surface area contributed by atoms with Gasteiger partial charge in [-0.2, -0.15) is 0 Å². The molecular formula is C17H31N9O7. The van der Waals surface area contributed by atoms with E-state index in [1.165, 1.54) is 6.92 Å². The third-order valence-corrected chi connectivity index (χ3v) is 3.88. The first kappa shape index (κ1) is 29.0. The second-order valence-corrected chi connectivity index (χ2v) is 6.70. The number of nitrogens with one attached hydrogen (secondary N) is 7. The van der Waals surface area contributed by atoms with Crippen LogP contribution in [0.1, 0.15) is 19.8 Å². The Labute approximate surface area is 189 Å². The Morgan fingerprint density at radius 1 is 0.848 bits per heavy atom. The topological polar surface area (TPSA) is 271 Å². The number of hydrogen-bond acceptors (Lipinski definition) is 8. The first-order valence-electron chi connectivity index (χ1n) is 9.86. The zero-order chi connectivity index (χ0) is 25.4. The van der Waals surface area contributed by atoms with Gasteiger partial charge in [0.25, 0.3) is 0 Å². The Hall–Kier alpha value is -3.95. The normalized spacial score (nSPS) is 11.8. The molecule has 0 unspecified atom stereocenters. The van der Waals surface area contributed by atoms with Crippen molar-refractivity contribution < 1.29 is 33.9 Å². The van der Waals surface area contributed by atoms with E-state index in [1.54, 1.807) is 0 Å². The van der Waals surface area contributed by atoms with Crippen molar-refractivity contribution in [3.63, 3.8) is 0 Å². The van der Waals surface area contributed by atoms with Crippen LogP contribution in [0, 0.1) is 5.41 Å². The molecule has 186 valence electrons. The van der Waals surface area contributed by atoms with Crippen LogP contribution in [0.25, 0.3) is 0 Å². The Morgan fingerprint density at radius 3 is 1.97 bits per heavy atom. The van der Waals surface area contributed by atoms with E-state index < -0.39 is 67.2 Å². The number of carboxylic acid groups (broad SMARTS) is 1. The molecule has 2 atom stereocenters. The third kappa shape index (κ3) is 14.6. The van der Waals surface area contributed by atoms with E-state index in [0.717, 1.165) is 0 Å². The quantitative estimate of drug-likeness (QED) is 0.0612. The van der Waals surface area contributed by atoms with Gasteiger partial charge in [0.05, 0.1) is 19.6 Å². The number of carbonyl (C=O) groups is 6. The van der Waals surface area contributed by atoms with E-state index >= 15 is 0 Å². The van der Waals surface area contributed by atoms with Crippen molar-refractivity contribution >= 4 is 41.5 Å². The van der Waals surface area contributed by atoms with Crippen LogP contribution in [-0.4, -0.2) is 91.4 Å². The highest BCUT2D eigenvalue weighted by atomic mass is 16.4. The van der Waals surface area contributed by atoms with E-state index in [9.17, 15) is 28.8 Å². The number of aliphatic carboxylic acids is 1. The molecule has 0 aromatic heterocycles. The van der Waals surface area contributed by atoms with Gasteiger partial charge in [-0.1, -0.05) is 0 Å². The molecule has 0 rings (SSSR count). The van der Waals surface area contributed by atoms with E-state index in [4.69, 9.17) is 22.0 Å². The van der Waals surface area contributed by atoms with Crippen molar-refractivity contribution in [3.05, 3.63) is 0 Å². The molecule has 0 aliphatic carbocycles. The Bertz CT molecular complexity index is 744. The van der Waals surface area contributed by atoms with Crippen molar-refractivity contribution in [2.24, 2.45) is 11.5 Å². The molecule has 0 spiro atoms. The van der Waals surface area contributed by atoms with Crippen LogP contribution < -0.4 is 43.4 Å². The minimum absolute atomic E-state index is 0.179. The van der Waals surface area contributed by atoms with Crippen molar-refractivity contribution in [2.45, 2.75) is 31.8 Å². The fourth-order valence-corrected chi connectivity index (χ4v) is 2.23. The van der Waals surface area contributed by atoms with Crippen molar-refractivity contribution in [1.29, 1.82) is 5.41 Å². The summed E-state index contributed by atoms with van der Waals surface area (Å²) in [5, 5.41) is 29.4. The molecule has 0 aliphatic rings. The van der Waals surface area contributed by atoms with Gasteiger partial charge >= 0.3 is 5.97 Å². The minimum Gasteiger partial charge on any atom is -0.480 e. The maximum absolute atomic E-state index is 12.5. The number of amides is 5. The number of nitrogens with two attached hydrogens (primary N) is 2. The van der Waals surface area contributed by atoms with Gasteiger partial charge in [-0.25, -0.2) is 0 Å². The van der Waals surface area contributed by atoms with Crippen LogP contribution in [0.5, 0.6) is 0 Å². The second kappa shape index (κ2) is 15.8. The molecule has 0 saturated carbocycles. The van der Waals surface area contributed by atoms with Crippen LogP contribution >= 0.6 is 0 Å². The fraction of sp³-hybridized carbons (Fsp3) is 0.588. The highest BCUT2D eigenvalue weighted by Gasteiger charge is 2.24. The summed E-state index contributed by atoms with van der Waals surface area (Å²) in [6, 6.07) is -2.05. The number of guanidine groups is 1. The van der Waals surface area contributed by atoms with Gasteiger partial charge in [0.2, 0.25) is 29.5 Å². The van der Waals surface area contributed by atoms with Crippen molar-refractivity contribution in [3.8, 4) is 0 Å². The molecule has 0 fully saturated rings. The van der Waals surface area contributed by atoms with Gasteiger partial charge in [-0.3, -0.25) is 34.2 Å². The van der Waals surface area contributed by atoms with Gasteiger partial charge in [0, 0.05) is 6.54 Å². The standard InChI is InChI=1S/C17H31N9O7/c1-9(15(32)24-7-13(29)22-6-12(28)23-8-14(30)31)25-16(33)10(26-11(27)5-18)3-2-4-21-17(19)20/h9-10H,2-8,18H2,1H3,(H,22,29)(H,23,28)(H,24,32)(H,25,33)(H,26,27)(H,30,31)(H4,19,20,21)/t9-,10-/m0/s1. The lowest BCUT2D eigenvalue weighted by molar-refractivity contribution is -0.137. The largest absolute Gasteiger partial charge is 0.480 e. The number of hydrogen-bond donors (Lipinski definition) is 10. The molecule has 0 aliphatic heterocycles. The average Bonchev–Trinajstić information content (AvgIpc) is 2.75. The molecule has 0 aromatic carbocycles. The fourth-order valence-electron chi connectivity index (χ4n) is 2.23. The van der Waals surface area contributed by atoms with E-state index in [0.29, 0.717) is 6.42 Å². The summed E-state index contributed by atoms with van der Waals surface area (Å²) in [7, 11) is 0. The van der Waals surface area contributed by atoms with Crippen LogP contribution in [0.3, 0.4) is 0 Å². The first-order valence-corrected chi connectivity index (χ1v) is 9.86. The van der Waals surface area contributed by atoms with E-state index in [1.807, 2.05) is 5.32 Å². The highest BCUT2D eigenvalue weighted by Crippen LogP contribution is 1.99. The summed E-state index contributed by atoms with van der Waals surface area (Å²) in [6.07, 6.45) is 0.557. The van der Waals surface area contributed by atoms with E-state index in [-0.39, 0.29) is 25.5 Å². The summed E-state index contributed by atoms with van der Waals surface area (Å²) in [5.74, 6) is -4.83. The summed E-state index contributed by atoms with van der Waals surface area (Å²) < 4.78 is 0. The summed E-state index contributed by atoms with van der Waals surface area (Å²) >= 11 is 0. The van der Waals surface area contributed by atoms with Gasteiger partial charge in [0.15, 0.2) is 5.96 Å². The van der Waals surface area contributed by atoms with Crippen LogP contribution in [0.15, 0.2) is 0 Å². The Balaban J connectivity index is 4.53. The maximum Gasteiger partial charge on any atom is 0.322 e. The lowest BCUT2D eigenvalue weighted by Gasteiger charge is -2.21. The van der Waals surface area contributed by atoms with Crippen LogP contribution in [0.4, 0.5) is 0 Å². The molecule has 33 heavy (non-hydrogen) atoms. The molecule has 0 heterocycles. The highest BCUT2D eigenvalue weighted by molar-refractivity contribution is 5.94. The lowest BCUT2D eigenvalue weighted by Crippen LogP contribution is -2.54. The van der Waals surface area contributed by atoms with Crippen LogP contribution in [0.2, 0.25) is 0 Å². The van der Waals surface area contributed by atoms with Crippen molar-refractivity contribution in [1.82, 2.24) is 31.9 Å².